The highest BCUT2D eigenvalue weighted by atomic mass is 32.1. The molecule has 5 heteroatoms. The van der Waals surface area contributed by atoms with Crippen LogP contribution in [0.2, 0.25) is 0 Å². The van der Waals surface area contributed by atoms with Crippen LogP contribution < -0.4 is 10.6 Å². The monoisotopic (exact) mass is 304 g/mol. The van der Waals surface area contributed by atoms with Gasteiger partial charge >= 0.3 is 0 Å². The first-order valence-electron chi connectivity index (χ1n) is 6.66. The first kappa shape index (κ1) is 13.9. The molecule has 1 aliphatic heterocycles. The average molecular weight is 304 g/mol. The summed E-state index contributed by atoms with van der Waals surface area (Å²) >= 11 is 4.92. The normalized spacial score (nSPS) is 13.3. The van der Waals surface area contributed by atoms with E-state index >= 15 is 0 Å². The van der Waals surface area contributed by atoms with Gasteiger partial charge in [-0.2, -0.15) is 0 Å². The van der Waals surface area contributed by atoms with E-state index in [1.807, 2.05) is 4.90 Å². The number of hydrogen-bond acceptors (Lipinski definition) is 2. The lowest BCUT2D eigenvalue weighted by Crippen LogP contribution is -2.21. The van der Waals surface area contributed by atoms with Gasteiger partial charge < -0.3 is 10.6 Å². The molecule has 0 saturated carbocycles. The van der Waals surface area contributed by atoms with Crippen LogP contribution in [-0.4, -0.2) is 11.5 Å². The first-order valence-corrected chi connectivity index (χ1v) is 7.07. The molecule has 2 nitrogen and oxygen atoms in total. The van der Waals surface area contributed by atoms with E-state index in [1.165, 1.54) is 18.2 Å². The summed E-state index contributed by atoms with van der Waals surface area (Å²) in [5, 5.41) is 0. The van der Waals surface area contributed by atoms with Crippen molar-refractivity contribution in [1.29, 1.82) is 0 Å². The van der Waals surface area contributed by atoms with Gasteiger partial charge in [-0.15, -0.1) is 0 Å². The highest BCUT2D eigenvalue weighted by molar-refractivity contribution is 7.80. The zero-order valence-corrected chi connectivity index (χ0v) is 12.1. The van der Waals surface area contributed by atoms with Crippen molar-refractivity contribution in [2.45, 2.75) is 13.0 Å². The molecule has 0 bridgehead atoms. The second kappa shape index (κ2) is 5.41. The summed E-state index contributed by atoms with van der Waals surface area (Å²) in [5.41, 5.74) is 8.65. The quantitative estimate of drug-likeness (QED) is 0.883. The maximum absolute atomic E-state index is 14.0. The molecule has 0 amide bonds. The molecule has 0 fully saturated rings. The molecule has 2 aromatic carbocycles. The molecule has 0 saturated heterocycles. The van der Waals surface area contributed by atoms with Crippen LogP contribution in [0.15, 0.2) is 36.4 Å². The number of nitrogens with zero attached hydrogens (tertiary/aromatic N) is 1. The van der Waals surface area contributed by atoms with Crippen molar-refractivity contribution in [3.05, 3.63) is 64.7 Å². The third kappa shape index (κ3) is 2.74. The summed E-state index contributed by atoms with van der Waals surface area (Å²) in [5.74, 6) is -0.585. The van der Waals surface area contributed by atoms with E-state index in [4.69, 9.17) is 18.0 Å². The Kier molecular flexibility index (Phi) is 3.59. The van der Waals surface area contributed by atoms with Crippen LogP contribution in [0.25, 0.3) is 0 Å². The molecular weight excluding hydrogens is 290 g/mol. The molecule has 2 N–H and O–H groups in total. The average Bonchev–Trinajstić information content (AvgIpc) is 2.83. The lowest BCUT2D eigenvalue weighted by molar-refractivity contribution is 0.605. The molecule has 0 aromatic heterocycles. The topological polar surface area (TPSA) is 29.3 Å². The van der Waals surface area contributed by atoms with E-state index in [0.29, 0.717) is 17.7 Å². The SMILES string of the molecule is NC(=S)c1ccc(F)c(CN2CCc3ccc(F)cc32)c1. The summed E-state index contributed by atoms with van der Waals surface area (Å²) in [4.78, 5) is 2.21. The fourth-order valence-electron chi connectivity index (χ4n) is 2.64. The van der Waals surface area contributed by atoms with Gasteiger partial charge in [-0.1, -0.05) is 18.3 Å². The summed E-state index contributed by atoms with van der Waals surface area (Å²) in [6, 6.07) is 9.33. The summed E-state index contributed by atoms with van der Waals surface area (Å²) in [6.07, 6.45) is 0.840. The standard InChI is InChI=1S/C16H14F2N2S/c17-13-3-1-10-5-6-20(15(10)8-13)9-12-7-11(16(19)21)2-4-14(12)18/h1-4,7-8H,5-6,9H2,(H2,19,21). The molecule has 0 atom stereocenters. The van der Waals surface area contributed by atoms with Gasteiger partial charge in [0.1, 0.15) is 16.6 Å². The van der Waals surface area contributed by atoms with Crippen LogP contribution in [-0.2, 0) is 13.0 Å². The Bertz CT molecular complexity index is 715. The van der Waals surface area contributed by atoms with Gasteiger partial charge in [-0.05, 0) is 42.3 Å². The summed E-state index contributed by atoms with van der Waals surface area (Å²) in [6.45, 7) is 1.12. The van der Waals surface area contributed by atoms with Gasteiger partial charge in [0.25, 0.3) is 0 Å². The zero-order chi connectivity index (χ0) is 15.0. The number of hydrogen-bond donors (Lipinski definition) is 1. The molecule has 0 radical (unpaired) electrons. The van der Waals surface area contributed by atoms with Crippen LogP contribution >= 0.6 is 12.2 Å². The molecule has 108 valence electrons. The van der Waals surface area contributed by atoms with Crippen molar-refractivity contribution in [2.24, 2.45) is 5.73 Å². The Morgan fingerprint density at radius 2 is 2.00 bits per heavy atom. The van der Waals surface area contributed by atoms with E-state index in [2.05, 4.69) is 0 Å². The van der Waals surface area contributed by atoms with Crippen LogP contribution in [0.5, 0.6) is 0 Å². The maximum atomic E-state index is 14.0. The Morgan fingerprint density at radius 1 is 1.19 bits per heavy atom. The Morgan fingerprint density at radius 3 is 2.76 bits per heavy atom. The number of nitrogens with two attached hydrogens (primary N) is 1. The van der Waals surface area contributed by atoms with Crippen molar-refractivity contribution in [2.75, 3.05) is 11.4 Å². The minimum atomic E-state index is -0.306. The number of rotatable bonds is 3. The molecule has 0 spiro atoms. The molecule has 0 unspecified atom stereocenters. The first-order chi connectivity index (χ1) is 10.0. The second-order valence-corrected chi connectivity index (χ2v) is 5.55. The van der Waals surface area contributed by atoms with Gasteiger partial charge in [0.2, 0.25) is 0 Å². The van der Waals surface area contributed by atoms with Crippen LogP contribution in [0.1, 0.15) is 16.7 Å². The fraction of sp³-hybridized carbons (Fsp3) is 0.188. The third-order valence-corrected chi connectivity index (χ3v) is 3.97. The number of halogens is 2. The minimum absolute atomic E-state index is 0.240. The number of benzene rings is 2. The number of thiocarbonyl (C=S) groups is 1. The van der Waals surface area contributed by atoms with E-state index in [1.54, 1.807) is 18.2 Å². The lowest BCUT2D eigenvalue weighted by Gasteiger charge is -2.20. The van der Waals surface area contributed by atoms with Crippen LogP contribution in [0.3, 0.4) is 0 Å². The molecule has 21 heavy (non-hydrogen) atoms. The molecule has 2 aromatic rings. The highest BCUT2D eigenvalue weighted by Gasteiger charge is 2.21. The molecule has 0 aliphatic carbocycles. The third-order valence-electron chi connectivity index (χ3n) is 3.73. The number of anilines is 1. The molecule has 3 rings (SSSR count). The molecular formula is C16H14F2N2S. The van der Waals surface area contributed by atoms with Crippen molar-refractivity contribution in [1.82, 2.24) is 0 Å². The minimum Gasteiger partial charge on any atom is -0.389 e. The van der Waals surface area contributed by atoms with Crippen molar-refractivity contribution in [3.63, 3.8) is 0 Å². The number of fused-ring (bicyclic) bond motifs is 1. The highest BCUT2D eigenvalue weighted by Crippen LogP contribution is 2.30. The fourth-order valence-corrected chi connectivity index (χ4v) is 2.76. The predicted octanol–water partition coefficient (Wildman–Crippen LogP) is 3.16. The smallest absolute Gasteiger partial charge is 0.128 e. The second-order valence-electron chi connectivity index (χ2n) is 5.12. The Balaban J connectivity index is 1.91. The Labute approximate surface area is 127 Å². The summed E-state index contributed by atoms with van der Waals surface area (Å²) < 4.78 is 27.3. The van der Waals surface area contributed by atoms with E-state index in [9.17, 15) is 8.78 Å². The lowest BCUT2D eigenvalue weighted by atomic mass is 10.1. The van der Waals surface area contributed by atoms with Gasteiger partial charge in [0, 0.05) is 29.9 Å². The van der Waals surface area contributed by atoms with Crippen molar-refractivity contribution >= 4 is 22.9 Å². The van der Waals surface area contributed by atoms with Crippen LogP contribution in [0, 0.1) is 11.6 Å². The summed E-state index contributed by atoms with van der Waals surface area (Å²) in [7, 11) is 0. The van der Waals surface area contributed by atoms with Crippen molar-refractivity contribution in [3.8, 4) is 0 Å². The van der Waals surface area contributed by atoms with Gasteiger partial charge in [0.15, 0.2) is 0 Å². The molecule has 1 aliphatic rings. The molecule has 1 heterocycles. The van der Waals surface area contributed by atoms with Gasteiger partial charge in [0.05, 0.1) is 0 Å². The zero-order valence-electron chi connectivity index (χ0n) is 11.3. The Hall–Kier alpha value is -2.01. The van der Waals surface area contributed by atoms with E-state index in [-0.39, 0.29) is 16.6 Å². The van der Waals surface area contributed by atoms with Crippen LogP contribution in [0.4, 0.5) is 14.5 Å². The largest absolute Gasteiger partial charge is 0.389 e. The predicted molar refractivity (Wildman–Crippen MR) is 83.4 cm³/mol. The maximum Gasteiger partial charge on any atom is 0.128 e. The van der Waals surface area contributed by atoms with E-state index in [0.717, 1.165) is 24.2 Å². The van der Waals surface area contributed by atoms with Gasteiger partial charge in [-0.3, -0.25) is 0 Å². The van der Waals surface area contributed by atoms with Crippen molar-refractivity contribution < 1.29 is 8.78 Å². The van der Waals surface area contributed by atoms with E-state index < -0.39 is 0 Å². The van der Waals surface area contributed by atoms with Gasteiger partial charge in [-0.25, -0.2) is 8.78 Å².